The molecule has 2 aromatic rings. The second kappa shape index (κ2) is 6.71. The quantitative estimate of drug-likeness (QED) is 0.842. The Bertz CT molecular complexity index is 764. The monoisotopic (exact) mass is 357 g/mol. The van der Waals surface area contributed by atoms with Gasteiger partial charge < -0.3 is 9.80 Å². The molecule has 2 fully saturated rings. The molecule has 0 spiro atoms. The standard InChI is InChI=1S/C18H23N5OS/c1-12-9-16(20-10-19-12)23(14-3-4-14)15-5-7-22(8-6-15)18(24)17-13(2)21-11-25-17/h9-11,14-15H,3-8H2,1-2H3. The maximum atomic E-state index is 12.7. The van der Waals surface area contributed by atoms with Gasteiger partial charge in [0.1, 0.15) is 17.0 Å². The van der Waals surface area contributed by atoms with Gasteiger partial charge >= 0.3 is 0 Å². The Labute approximate surface area is 151 Å². The van der Waals surface area contributed by atoms with Gasteiger partial charge in [0.05, 0.1) is 11.2 Å². The highest BCUT2D eigenvalue weighted by atomic mass is 32.1. The largest absolute Gasteiger partial charge is 0.350 e. The predicted octanol–water partition coefficient (Wildman–Crippen LogP) is 2.82. The molecule has 0 unspecified atom stereocenters. The Balaban J connectivity index is 1.45. The Morgan fingerprint density at radius 1 is 1.12 bits per heavy atom. The normalized spacial score (nSPS) is 18.4. The van der Waals surface area contributed by atoms with Crippen LogP contribution in [0.1, 0.15) is 46.7 Å². The van der Waals surface area contributed by atoms with Crippen LogP contribution >= 0.6 is 11.3 Å². The van der Waals surface area contributed by atoms with E-state index < -0.39 is 0 Å². The van der Waals surface area contributed by atoms with Crippen molar-refractivity contribution in [1.82, 2.24) is 19.9 Å². The molecular formula is C18H23N5OS. The SMILES string of the molecule is Cc1cc(N(C2CC2)C2CCN(C(=O)c3scnc3C)CC2)ncn1. The molecule has 2 aromatic heterocycles. The summed E-state index contributed by atoms with van der Waals surface area (Å²) in [4.78, 5) is 30.9. The summed E-state index contributed by atoms with van der Waals surface area (Å²) in [5.74, 6) is 1.17. The molecule has 1 saturated carbocycles. The molecule has 7 heteroatoms. The first-order valence-corrected chi connectivity index (χ1v) is 9.78. The van der Waals surface area contributed by atoms with E-state index in [0.717, 1.165) is 48.0 Å². The summed E-state index contributed by atoms with van der Waals surface area (Å²) < 4.78 is 0. The fourth-order valence-electron chi connectivity index (χ4n) is 3.60. The lowest BCUT2D eigenvalue weighted by atomic mass is 10.0. The number of nitrogens with zero attached hydrogens (tertiary/aromatic N) is 5. The smallest absolute Gasteiger partial charge is 0.265 e. The highest BCUT2D eigenvalue weighted by molar-refractivity contribution is 7.11. The average molecular weight is 357 g/mol. The number of anilines is 1. The van der Waals surface area contributed by atoms with Gasteiger partial charge in [-0.25, -0.2) is 15.0 Å². The first kappa shape index (κ1) is 16.4. The Morgan fingerprint density at radius 2 is 1.84 bits per heavy atom. The lowest BCUT2D eigenvalue weighted by Gasteiger charge is -2.39. The molecule has 0 bridgehead atoms. The van der Waals surface area contributed by atoms with Crippen molar-refractivity contribution in [1.29, 1.82) is 0 Å². The van der Waals surface area contributed by atoms with E-state index >= 15 is 0 Å². The van der Waals surface area contributed by atoms with Crippen molar-refractivity contribution in [2.45, 2.75) is 51.6 Å². The molecule has 1 aliphatic heterocycles. The van der Waals surface area contributed by atoms with Crippen LogP contribution in [0.15, 0.2) is 17.9 Å². The zero-order valence-corrected chi connectivity index (χ0v) is 15.5. The number of amides is 1. The van der Waals surface area contributed by atoms with Crippen LogP contribution in [0.2, 0.25) is 0 Å². The number of carbonyl (C=O) groups is 1. The van der Waals surface area contributed by atoms with Gasteiger partial charge in [-0.05, 0) is 39.5 Å². The minimum absolute atomic E-state index is 0.134. The van der Waals surface area contributed by atoms with Crippen LogP contribution in [-0.2, 0) is 0 Å². The molecule has 1 aliphatic carbocycles. The van der Waals surface area contributed by atoms with Gasteiger partial charge in [0.25, 0.3) is 5.91 Å². The number of likely N-dealkylation sites (tertiary alicyclic amines) is 1. The first-order chi connectivity index (χ1) is 12.1. The molecule has 25 heavy (non-hydrogen) atoms. The molecule has 0 radical (unpaired) electrons. The van der Waals surface area contributed by atoms with E-state index in [1.807, 2.05) is 18.7 Å². The van der Waals surface area contributed by atoms with Gasteiger partial charge in [0.15, 0.2) is 0 Å². The lowest BCUT2D eigenvalue weighted by Crippen LogP contribution is -2.48. The van der Waals surface area contributed by atoms with E-state index in [2.05, 4.69) is 25.9 Å². The fraction of sp³-hybridized carbons (Fsp3) is 0.556. The van der Waals surface area contributed by atoms with Crippen LogP contribution in [0.4, 0.5) is 5.82 Å². The predicted molar refractivity (Wildman–Crippen MR) is 98.0 cm³/mol. The van der Waals surface area contributed by atoms with Crippen LogP contribution < -0.4 is 4.90 Å². The number of hydrogen-bond acceptors (Lipinski definition) is 6. The zero-order chi connectivity index (χ0) is 17.4. The maximum Gasteiger partial charge on any atom is 0.265 e. The van der Waals surface area contributed by atoms with E-state index in [1.165, 1.54) is 24.2 Å². The van der Waals surface area contributed by atoms with Crippen molar-refractivity contribution in [3.63, 3.8) is 0 Å². The number of thiazole rings is 1. The van der Waals surface area contributed by atoms with Crippen LogP contribution in [0.5, 0.6) is 0 Å². The fourth-order valence-corrected chi connectivity index (χ4v) is 4.37. The Hall–Kier alpha value is -2.02. The number of aryl methyl sites for hydroxylation is 2. The van der Waals surface area contributed by atoms with Crippen molar-refractivity contribution in [2.75, 3.05) is 18.0 Å². The van der Waals surface area contributed by atoms with Gasteiger partial charge in [-0.15, -0.1) is 11.3 Å². The summed E-state index contributed by atoms with van der Waals surface area (Å²) >= 11 is 1.44. The van der Waals surface area contributed by atoms with Crippen molar-refractivity contribution >= 4 is 23.1 Å². The van der Waals surface area contributed by atoms with Gasteiger partial charge in [-0.3, -0.25) is 4.79 Å². The molecule has 132 valence electrons. The number of aromatic nitrogens is 3. The van der Waals surface area contributed by atoms with Crippen molar-refractivity contribution in [3.05, 3.63) is 34.2 Å². The van der Waals surface area contributed by atoms with Gasteiger partial charge in [0, 0.05) is 36.9 Å². The third kappa shape index (κ3) is 3.38. The molecule has 3 heterocycles. The summed E-state index contributed by atoms with van der Waals surface area (Å²) in [7, 11) is 0. The summed E-state index contributed by atoms with van der Waals surface area (Å²) in [5.41, 5.74) is 3.60. The van der Waals surface area contributed by atoms with Crippen molar-refractivity contribution < 1.29 is 4.79 Å². The molecule has 0 aromatic carbocycles. The van der Waals surface area contributed by atoms with Crippen molar-refractivity contribution in [2.24, 2.45) is 0 Å². The van der Waals surface area contributed by atoms with E-state index in [1.54, 1.807) is 11.8 Å². The minimum Gasteiger partial charge on any atom is -0.350 e. The number of hydrogen-bond donors (Lipinski definition) is 0. The summed E-state index contributed by atoms with van der Waals surface area (Å²) in [6, 6.07) is 3.13. The molecule has 1 amide bonds. The van der Waals surface area contributed by atoms with E-state index in [0.29, 0.717) is 12.1 Å². The molecule has 4 rings (SSSR count). The summed E-state index contributed by atoms with van der Waals surface area (Å²) in [5, 5.41) is 0. The topological polar surface area (TPSA) is 62.2 Å². The van der Waals surface area contributed by atoms with E-state index in [4.69, 9.17) is 0 Å². The van der Waals surface area contributed by atoms with Crippen LogP contribution in [0.3, 0.4) is 0 Å². The summed E-state index contributed by atoms with van der Waals surface area (Å²) in [6.45, 7) is 5.51. The number of rotatable bonds is 4. The number of piperidine rings is 1. The third-order valence-electron chi connectivity index (χ3n) is 5.08. The van der Waals surface area contributed by atoms with Crippen LogP contribution in [-0.4, -0.2) is 50.9 Å². The molecular weight excluding hydrogens is 334 g/mol. The minimum atomic E-state index is 0.134. The van der Waals surface area contributed by atoms with Crippen LogP contribution in [0.25, 0.3) is 0 Å². The maximum absolute atomic E-state index is 12.7. The highest BCUT2D eigenvalue weighted by Gasteiger charge is 2.37. The molecule has 1 saturated heterocycles. The lowest BCUT2D eigenvalue weighted by molar-refractivity contribution is 0.0716. The molecule has 6 nitrogen and oxygen atoms in total. The second-order valence-corrected chi connectivity index (χ2v) is 7.80. The van der Waals surface area contributed by atoms with E-state index in [9.17, 15) is 4.79 Å². The molecule has 0 N–H and O–H groups in total. The van der Waals surface area contributed by atoms with Gasteiger partial charge in [0.2, 0.25) is 0 Å². The molecule has 0 atom stereocenters. The van der Waals surface area contributed by atoms with Crippen molar-refractivity contribution in [3.8, 4) is 0 Å². The van der Waals surface area contributed by atoms with Gasteiger partial charge in [-0.2, -0.15) is 0 Å². The summed E-state index contributed by atoms with van der Waals surface area (Å²) in [6.07, 6.45) is 6.11. The second-order valence-electron chi connectivity index (χ2n) is 6.95. The highest BCUT2D eigenvalue weighted by Crippen LogP contribution is 2.35. The third-order valence-corrected chi connectivity index (χ3v) is 6.00. The Morgan fingerprint density at radius 3 is 2.44 bits per heavy atom. The first-order valence-electron chi connectivity index (χ1n) is 8.90. The number of carbonyl (C=O) groups excluding carboxylic acids is 1. The van der Waals surface area contributed by atoms with Crippen LogP contribution in [0, 0.1) is 13.8 Å². The zero-order valence-electron chi connectivity index (χ0n) is 14.7. The van der Waals surface area contributed by atoms with Gasteiger partial charge in [-0.1, -0.05) is 0 Å². The van der Waals surface area contributed by atoms with E-state index in [-0.39, 0.29) is 5.91 Å². The average Bonchev–Trinajstić information content (AvgIpc) is 3.35. The molecule has 2 aliphatic rings. The Kier molecular flexibility index (Phi) is 4.41.